The molecule has 0 radical (unpaired) electrons. The van der Waals surface area contributed by atoms with Gasteiger partial charge in [-0.3, -0.25) is 4.79 Å². The molecule has 0 aliphatic carbocycles. The summed E-state index contributed by atoms with van der Waals surface area (Å²) < 4.78 is 14.3. The summed E-state index contributed by atoms with van der Waals surface area (Å²) in [4.78, 5) is 12.7. The third-order valence-corrected chi connectivity index (χ3v) is 4.85. The van der Waals surface area contributed by atoms with Crippen LogP contribution in [-0.4, -0.2) is 5.78 Å². The van der Waals surface area contributed by atoms with E-state index in [-0.39, 0.29) is 18.0 Å². The summed E-state index contributed by atoms with van der Waals surface area (Å²) in [6, 6.07) is 6.19. The predicted octanol–water partition coefficient (Wildman–Crippen LogP) is 4.84. The van der Waals surface area contributed by atoms with Crippen molar-refractivity contribution >= 4 is 49.0 Å². The highest BCUT2D eigenvalue weighted by Gasteiger charge is 2.14. The molecule has 0 amide bonds. The molecule has 1 aromatic carbocycles. The molecule has 0 unspecified atom stereocenters. The van der Waals surface area contributed by atoms with Gasteiger partial charge in [0.05, 0.1) is 4.88 Å². The van der Waals surface area contributed by atoms with Gasteiger partial charge in [0.1, 0.15) is 5.82 Å². The third-order valence-electron chi connectivity index (χ3n) is 2.24. The van der Waals surface area contributed by atoms with Gasteiger partial charge >= 0.3 is 0 Å². The molecule has 0 atom stereocenters. The topological polar surface area (TPSA) is 17.1 Å². The van der Waals surface area contributed by atoms with Gasteiger partial charge in [-0.2, -0.15) is 0 Å². The zero-order chi connectivity index (χ0) is 12.4. The fourth-order valence-electron chi connectivity index (χ4n) is 1.41. The molecule has 0 aliphatic rings. The fourth-order valence-corrected chi connectivity index (χ4v) is 3.44. The predicted molar refractivity (Wildman–Crippen MR) is 74.2 cm³/mol. The summed E-state index contributed by atoms with van der Waals surface area (Å²) in [5.41, 5.74) is 0.789. The van der Waals surface area contributed by atoms with Gasteiger partial charge in [0.25, 0.3) is 0 Å². The number of carbonyl (C=O) groups excluding carboxylic acids is 1. The van der Waals surface area contributed by atoms with Crippen LogP contribution >= 0.6 is 43.2 Å². The molecule has 0 bridgehead atoms. The van der Waals surface area contributed by atoms with Crippen LogP contribution in [0.25, 0.3) is 0 Å². The fraction of sp³-hybridized carbons (Fsp3) is 0.0833. The average molecular weight is 378 g/mol. The zero-order valence-corrected chi connectivity index (χ0v) is 12.5. The lowest BCUT2D eigenvalue weighted by Crippen LogP contribution is -2.02. The van der Waals surface area contributed by atoms with Crippen LogP contribution < -0.4 is 0 Å². The summed E-state index contributed by atoms with van der Waals surface area (Å²) in [5, 5.41) is 1.86. The highest BCUT2D eigenvalue weighted by molar-refractivity contribution is 9.10. The number of hydrogen-bond acceptors (Lipinski definition) is 2. The number of ketones is 1. The van der Waals surface area contributed by atoms with Crippen LogP contribution in [0.1, 0.15) is 15.2 Å². The molecule has 2 rings (SSSR count). The molecule has 1 aromatic heterocycles. The minimum absolute atomic E-state index is 0.0270. The van der Waals surface area contributed by atoms with E-state index in [1.807, 2.05) is 11.4 Å². The maximum atomic E-state index is 12.9. The van der Waals surface area contributed by atoms with Crippen LogP contribution in [0.2, 0.25) is 0 Å². The molecule has 1 heterocycles. The number of Topliss-reactive ketones (excluding diaryl/α,β-unsaturated/α-hetero) is 1. The first-order chi connectivity index (χ1) is 8.08. The molecule has 1 nitrogen and oxygen atoms in total. The molecule has 0 spiro atoms. The smallest absolute Gasteiger partial charge is 0.178 e. The van der Waals surface area contributed by atoms with Crippen molar-refractivity contribution < 1.29 is 9.18 Å². The summed E-state index contributed by atoms with van der Waals surface area (Å²) in [7, 11) is 0. The normalized spacial score (nSPS) is 10.5. The van der Waals surface area contributed by atoms with Crippen LogP contribution in [0.5, 0.6) is 0 Å². The van der Waals surface area contributed by atoms with Crippen LogP contribution in [0, 0.1) is 5.82 Å². The SMILES string of the molecule is O=C(Cc1ccc(F)cc1Br)c1sccc1Br. The second-order valence-corrected chi connectivity index (χ2v) is 6.06. The zero-order valence-electron chi connectivity index (χ0n) is 8.54. The first kappa shape index (κ1) is 12.9. The van der Waals surface area contributed by atoms with Gasteiger partial charge in [0.15, 0.2) is 5.78 Å². The first-order valence-corrected chi connectivity index (χ1v) is 7.24. The Balaban J connectivity index is 2.22. The molecule has 88 valence electrons. The Labute approximate surface area is 119 Å². The van der Waals surface area contributed by atoms with E-state index >= 15 is 0 Å². The minimum Gasteiger partial charge on any atom is -0.293 e. The van der Waals surface area contributed by atoms with Crippen molar-refractivity contribution in [3.8, 4) is 0 Å². The van der Waals surface area contributed by atoms with Crippen LogP contribution in [0.4, 0.5) is 4.39 Å². The quantitative estimate of drug-likeness (QED) is 0.699. The Morgan fingerprint density at radius 3 is 2.59 bits per heavy atom. The van der Waals surface area contributed by atoms with Gasteiger partial charge in [0.2, 0.25) is 0 Å². The van der Waals surface area contributed by atoms with E-state index in [0.717, 1.165) is 10.0 Å². The van der Waals surface area contributed by atoms with Crippen molar-refractivity contribution in [2.24, 2.45) is 0 Å². The molecular formula is C12H7Br2FOS. The summed E-state index contributed by atoms with van der Waals surface area (Å²) >= 11 is 7.99. The maximum absolute atomic E-state index is 12.9. The molecule has 0 fully saturated rings. The van der Waals surface area contributed by atoms with Gasteiger partial charge in [-0.25, -0.2) is 4.39 Å². The number of carbonyl (C=O) groups is 1. The second-order valence-electron chi connectivity index (χ2n) is 3.43. The third kappa shape index (κ3) is 3.03. The van der Waals surface area contributed by atoms with Gasteiger partial charge in [0, 0.05) is 15.4 Å². The summed E-state index contributed by atoms with van der Waals surface area (Å²) in [6.07, 6.45) is 0.264. The van der Waals surface area contributed by atoms with E-state index in [4.69, 9.17) is 0 Å². The molecule has 0 saturated carbocycles. The number of benzene rings is 1. The average Bonchev–Trinajstić information content (AvgIpc) is 2.68. The van der Waals surface area contributed by atoms with Gasteiger partial charge < -0.3 is 0 Å². The Morgan fingerprint density at radius 2 is 2.00 bits per heavy atom. The van der Waals surface area contributed by atoms with E-state index in [1.54, 1.807) is 6.07 Å². The van der Waals surface area contributed by atoms with E-state index in [0.29, 0.717) is 9.35 Å². The number of rotatable bonds is 3. The Kier molecular flexibility index (Phi) is 4.12. The van der Waals surface area contributed by atoms with Gasteiger partial charge in [-0.05, 0) is 45.1 Å². The number of hydrogen-bond donors (Lipinski definition) is 0. The van der Waals surface area contributed by atoms with E-state index in [2.05, 4.69) is 31.9 Å². The molecule has 0 saturated heterocycles. The lowest BCUT2D eigenvalue weighted by Gasteiger charge is -2.03. The second kappa shape index (κ2) is 5.42. The lowest BCUT2D eigenvalue weighted by molar-refractivity contribution is 0.0996. The van der Waals surface area contributed by atoms with Crippen LogP contribution in [0.3, 0.4) is 0 Å². The number of halogens is 3. The Morgan fingerprint density at radius 1 is 1.24 bits per heavy atom. The van der Waals surface area contributed by atoms with Crippen molar-refractivity contribution in [2.75, 3.05) is 0 Å². The van der Waals surface area contributed by atoms with Crippen molar-refractivity contribution in [1.29, 1.82) is 0 Å². The largest absolute Gasteiger partial charge is 0.293 e. The number of thiophene rings is 1. The van der Waals surface area contributed by atoms with Crippen LogP contribution in [-0.2, 0) is 6.42 Å². The van der Waals surface area contributed by atoms with E-state index in [1.165, 1.54) is 23.5 Å². The highest BCUT2D eigenvalue weighted by Crippen LogP contribution is 2.26. The first-order valence-electron chi connectivity index (χ1n) is 4.78. The minimum atomic E-state index is -0.314. The van der Waals surface area contributed by atoms with E-state index in [9.17, 15) is 9.18 Å². The molecular weight excluding hydrogens is 371 g/mol. The summed E-state index contributed by atoms with van der Waals surface area (Å²) in [5.74, 6) is -0.287. The molecule has 17 heavy (non-hydrogen) atoms. The lowest BCUT2D eigenvalue weighted by atomic mass is 10.1. The van der Waals surface area contributed by atoms with Crippen molar-refractivity contribution in [3.05, 3.63) is 54.8 Å². The van der Waals surface area contributed by atoms with Gasteiger partial charge in [-0.15, -0.1) is 11.3 Å². The van der Waals surface area contributed by atoms with Crippen molar-refractivity contribution in [2.45, 2.75) is 6.42 Å². The van der Waals surface area contributed by atoms with E-state index < -0.39 is 0 Å². The highest BCUT2D eigenvalue weighted by atomic mass is 79.9. The van der Waals surface area contributed by atoms with Crippen molar-refractivity contribution in [1.82, 2.24) is 0 Å². The van der Waals surface area contributed by atoms with Crippen LogP contribution in [0.15, 0.2) is 38.6 Å². The monoisotopic (exact) mass is 376 g/mol. The maximum Gasteiger partial charge on any atom is 0.178 e. The Bertz CT molecular complexity index is 565. The molecule has 0 aliphatic heterocycles. The molecule has 2 aromatic rings. The summed E-state index contributed by atoms with van der Waals surface area (Å²) in [6.45, 7) is 0. The van der Waals surface area contributed by atoms with Crippen molar-refractivity contribution in [3.63, 3.8) is 0 Å². The molecule has 5 heteroatoms. The standard InChI is InChI=1S/C12H7Br2FOS/c13-9-3-4-17-12(9)11(16)5-7-1-2-8(15)6-10(7)14/h1-4,6H,5H2. The molecule has 0 N–H and O–H groups in total. The Hall–Kier alpha value is -0.520. The van der Waals surface area contributed by atoms with Gasteiger partial charge in [-0.1, -0.05) is 22.0 Å².